The molecule has 12 heteroatoms. The largest absolute Gasteiger partial charge is 0.506 e. The van der Waals surface area contributed by atoms with Crippen LogP contribution in [0.1, 0.15) is 76.9 Å². The number of phenolic OH excluding ortho intramolecular Hbond substituents is 1. The van der Waals surface area contributed by atoms with Crippen molar-refractivity contribution in [2.24, 2.45) is 5.92 Å². The highest BCUT2D eigenvalue weighted by atomic mass is 16.6. The molecule has 1 amide bonds. The van der Waals surface area contributed by atoms with Crippen molar-refractivity contribution in [3.8, 4) is 11.5 Å². The van der Waals surface area contributed by atoms with Crippen LogP contribution in [0.2, 0.25) is 0 Å². The molecule has 0 aliphatic carbocycles. The Hall–Kier alpha value is -5.69. The van der Waals surface area contributed by atoms with Gasteiger partial charge >= 0.3 is 12.1 Å². The van der Waals surface area contributed by atoms with Crippen LogP contribution in [-0.4, -0.2) is 77.6 Å². The number of benzene rings is 4. The summed E-state index contributed by atoms with van der Waals surface area (Å²) in [7, 11) is 0. The van der Waals surface area contributed by atoms with E-state index >= 15 is 0 Å². The number of H-pyrrole nitrogens is 1. The first-order chi connectivity index (χ1) is 27.8. The van der Waals surface area contributed by atoms with Gasteiger partial charge in [-0.1, -0.05) is 60.7 Å². The summed E-state index contributed by atoms with van der Waals surface area (Å²) in [4.78, 5) is 42.5. The molecule has 298 valence electrons. The van der Waals surface area contributed by atoms with E-state index in [0.29, 0.717) is 66.4 Å². The predicted octanol–water partition coefficient (Wildman–Crippen LogP) is 6.37. The number of aromatic nitrogens is 1. The van der Waals surface area contributed by atoms with Crippen LogP contribution in [0.5, 0.6) is 11.5 Å². The van der Waals surface area contributed by atoms with Crippen molar-refractivity contribution < 1.29 is 34.0 Å². The molecule has 4 heterocycles. The van der Waals surface area contributed by atoms with E-state index in [4.69, 9.17) is 14.2 Å². The minimum atomic E-state index is -0.817. The molecule has 0 radical (unpaired) electrons. The first-order valence-corrected chi connectivity index (χ1v) is 19.8. The summed E-state index contributed by atoms with van der Waals surface area (Å²) in [5.74, 6) is 0.645. The Kier molecular flexibility index (Phi) is 13.2. The lowest BCUT2D eigenvalue weighted by Crippen LogP contribution is -2.52. The molecule has 3 saturated heterocycles. The van der Waals surface area contributed by atoms with Gasteiger partial charge in [0, 0.05) is 24.5 Å². The number of carbonyl (C=O) groups is 2. The van der Waals surface area contributed by atoms with Crippen LogP contribution < -0.4 is 20.9 Å². The van der Waals surface area contributed by atoms with Gasteiger partial charge in [0.2, 0.25) is 5.56 Å². The maximum Gasteiger partial charge on any atom is 0.408 e. The maximum absolute atomic E-state index is 13.2. The van der Waals surface area contributed by atoms with Crippen molar-refractivity contribution in [3.05, 3.63) is 141 Å². The molecule has 8 rings (SSSR count). The fraction of sp³-hybridized carbons (Fsp3) is 0.356. The minimum absolute atomic E-state index is 0.0454. The number of rotatable bonds is 17. The lowest BCUT2D eigenvalue weighted by Gasteiger charge is -2.43. The summed E-state index contributed by atoms with van der Waals surface area (Å²) >= 11 is 0. The van der Waals surface area contributed by atoms with E-state index in [1.54, 1.807) is 24.3 Å². The molecule has 2 bridgehead atoms. The van der Waals surface area contributed by atoms with Gasteiger partial charge in [-0.05, 0) is 116 Å². The lowest BCUT2D eigenvalue weighted by atomic mass is 9.86. The van der Waals surface area contributed by atoms with E-state index in [-0.39, 0.29) is 23.4 Å². The first-order valence-electron chi connectivity index (χ1n) is 19.8. The third-order valence-corrected chi connectivity index (χ3v) is 10.9. The van der Waals surface area contributed by atoms with Crippen LogP contribution in [0.4, 0.5) is 4.79 Å². The zero-order valence-corrected chi connectivity index (χ0v) is 31.9. The second-order valence-electron chi connectivity index (χ2n) is 14.8. The average Bonchev–Trinajstić information content (AvgIpc) is 3.24. The number of carbonyl (C=O) groups excluding carboxylic acids is 2. The number of esters is 1. The summed E-state index contributed by atoms with van der Waals surface area (Å²) in [5, 5.41) is 27.7. The molecular weight excluding hydrogens is 725 g/mol. The van der Waals surface area contributed by atoms with Gasteiger partial charge in [-0.25, -0.2) is 9.59 Å². The SMILES string of the molecule is O=C(NC(c1ccccc1)c1cccc(OCc2ccc(C(=O)OCCCCCNC[C@H](O)c3ccc(O)c4[nH]c(=O)ccc34)cc2)c1)O[C@H]1CN2CCC1CC2. The summed E-state index contributed by atoms with van der Waals surface area (Å²) < 4.78 is 17.6. The Morgan fingerprint density at radius 2 is 1.67 bits per heavy atom. The van der Waals surface area contributed by atoms with Gasteiger partial charge < -0.3 is 40.0 Å². The van der Waals surface area contributed by atoms with Crippen LogP contribution in [-0.2, 0) is 16.1 Å². The molecule has 1 unspecified atom stereocenters. The molecular formula is C45H50N4O8. The Morgan fingerprint density at radius 1 is 0.877 bits per heavy atom. The monoisotopic (exact) mass is 774 g/mol. The summed E-state index contributed by atoms with van der Waals surface area (Å²) in [6.07, 6.45) is 3.19. The second-order valence-corrected chi connectivity index (χ2v) is 14.8. The van der Waals surface area contributed by atoms with Crippen LogP contribution in [0.15, 0.2) is 108 Å². The number of piperidine rings is 3. The van der Waals surface area contributed by atoms with E-state index in [2.05, 4.69) is 20.5 Å². The number of phenols is 1. The predicted molar refractivity (Wildman–Crippen MR) is 216 cm³/mol. The molecule has 0 spiro atoms. The number of nitrogens with zero attached hydrogens (tertiary/aromatic N) is 1. The highest BCUT2D eigenvalue weighted by Gasteiger charge is 2.37. The van der Waals surface area contributed by atoms with Gasteiger partial charge in [0.25, 0.3) is 0 Å². The number of fused-ring (bicyclic) bond motifs is 4. The van der Waals surface area contributed by atoms with Gasteiger partial charge in [-0.3, -0.25) is 9.69 Å². The Labute approximate surface area is 331 Å². The number of pyridine rings is 1. The summed E-state index contributed by atoms with van der Waals surface area (Å²) in [6.45, 7) is 4.53. The van der Waals surface area contributed by atoms with Crippen molar-refractivity contribution in [2.45, 2.75) is 57.0 Å². The van der Waals surface area contributed by atoms with E-state index in [9.17, 15) is 24.6 Å². The highest BCUT2D eigenvalue weighted by molar-refractivity contribution is 5.89. The van der Waals surface area contributed by atoms with E-state index in [1.165, 1.54) is 12.1 Å². The van der Waals surface area contributed by atoms with Crippen LogP contribution >= 0.6 is 0 Å². The first kappa shape index (κ1) is 39.5. The van der Waals surface area contributed by atoms with Crippen molar-refractivity contribution in [2.75, 3.05) is 39.3 Å². The van der Waals surface area contributed by atoms with Gasteiger partial charge in [0.15, 0.2) is 0 Å². The van der Waals surface area contributed by atoms with E-state index in [0.717, 1.165) is 62.0 Å². The molecule has 57 heavy (non-hydrogen) atoms. The molecule has 3 aliphatic heterocycles. The van der Waals surface area contributed by atoms with E-state index in [1.807, 2.05) is 66.7 Å². The van der Waals surface area contributed by atoms with Crippen LogP contribution in [0.3, 0.4) is 0 Å². The molecule has 1 aromatic heterocycles. The fourth-order valence-corrected chi connectivity index (χ4v) is 7.70. The van der Waals surface area contributed by atoms with Crippen molar-refractivity contribution in [3.63, 3.8) is 0 Å². The maximum atomic E-state index is 13.2. The lowest BCUT2D eigenvalue weighted by molar-refractivity contribution is -0.0336. The highest BCUT2D eigenvalue weighted by Crippen LogP contribution is 2.31. The van der Waals surface area contributed by atoms with Crippen molar-refractivity contribution in [1.29, 1.82) is 0 Å². The van der Waals surface area contributed by atoms with Gasteiger partial charge in [-0.15, -0.1) is 0 Å². The van der Waals surface area contributed by atoms with Crippen molar-refractivity contribution in [1.82, 2.24) is 20.5 Å². The Bertz CT molecular complexity index is 2170. The molecule has 5 N–H and O–H groups in total. The molecule has 3 atom stereocenters. The number of aromatic hydroxyl groups is 1. The zero-order chi connectivity index (χ0) is 39.6. The number of aromatic amines is 1. The molecule has 5 aromatic rings. The quantitative estimate of drug-likeness (QED) is 0.0530. The number of unbranched alkanes of at least 4 members (excludes halogenated alkanes) is 2. The summed E-state index contributed by atoms with van der Waals surface area (Å²) in [5.41, 5.74) is 3.76. The topological polar surface area (TPSA) is 162 Å². The molecule has 3 aliphatic rings. The minimum Gasteiger partial charge on any atom is -0.506 e. The Morgan fingerprint density at radius 3 is 2.44 bits per heavy atom. The zero-order valence-electron chi connectivity index (χ0n) is 31.9. The van der Waals surface area contributed by atoms with Crippen molar-refractivity contribution >= 4 is 23.0 Å². The molecule has 4 aromatic carbocycles. The molecule has 3 fully saturated rings. The van der Waals surface area contributed by atoms with Gasteiger partial charge in [0.05, 0.1) is 29.8 Å². The number of hydrogen-bond donors (Lipinski definition) is 5. The Balaban J connectivity index is 0.825. The fourth-order valence-electron chi connectivity index (χ4n) is 7.70. The summed E-state index contributed by atoms with van der Waals surface area (Å²) in [6, 6.07) is 30.3. The number of nitrogens with one attached hydrogen (secondary N) is 3. The van der Waals surface area contributed by atoms with Gasteiger partial charge in [-0.2, -0.15) is 0 Å². The van der Waals surface area contributed by atoms with Gasteiger partial charge in [0.1, 0.15) is 24.2 Å². The standard InChI is InChI=1S/C45H50N4O8/c50-38-18-16-36(37-17-19-41(52)47-43(37)38)39(51)27-46-22-5-2-6-25-55-44(53)33-14-12-30(13-15-33)29-56-35-11-7-10-34(26-35)42(32-8-3-1-4-9-32)48-45(54)57-40-28-49-23-20-31(40)21-24-49/h1,3-4,7-19,26,31,39-40,42,46,50-51H,2,5-6,20-25,27-29H2,(H,47,52)(H,48,54)/t39-,40-,42?/m0/s1. The van der Waals surface area contributed by atoms with E-state index < -0.39 is 18.2 Å². The van der Waals surface area contributed by atoms with Crippen LogP contribution in [0, 0.1) is 5.92 Å². The average molecular weight is 775 g/mol. The third-order valence-electron chi connectivity index (χ3n) is 10.9. The normalized spacial score (nSPS) is 18.4. The number of amides is 1. The molecule has 0 saturated carbocycles. The number of aliphatic hydroxyl groups excluding tert-OH is 1. The molecule has 12 nitrogen and oxygen atoms in total. The number of ether oxygens (including phenoxy) is 3. The number of hydrogen-bond acceptors (Lipinski definition) is 10. The smallest absolute Gasteiger partial charge is 0.408 e. The third kappa shape index (κ3) is 10.4. The second kappa shape index (κ2) is 19.0. The number of aliphatic hydroxyl groups is 1. The van der Waals surface area contributed by atoms with Crippen LogP contribution in [0.25, 0.3) is 10.9 Å². The number of alkyl carbamates (subject to hydrolysis) is 1.